The third-order valence-corrected chi connectivity index (χ3v) is 2.76. The van der Waals surface area contributed by atoms with Crippen LogP contribution < -0.4 is 0 Å². The molecule has 3 nitrogen and oxygen atoms in total. The molecule has 1 aromatic heterocycles. The van der Waals surface area contributed by atoms with E-state index >= 15 is 0 Å². The van der Waals surface area contributed by atoms with Crippen LogP contribution in [-0.2, 0) is 6.54 Å². The van der Waals surface area contributed by atoms with Gasteiger partial charge in [-0.2, -0.15) is 0 Å². The molecule has 0 amide bonds. The van der Waals surface area contributed by atoms with Gasteiger partial charge in [-0.15, -0.1) is 0 Å². The number of hydrogen-bond acceptors (Lipinski definition) is 3. The van der Waals surface area contributed by atoms with Gasteiger partial charge < -0.3 is 4.52 Å². The van der Waals surface area contributed by atoms with Crippen LogP contribution in [0.2, 0.25) is 0 Å². The van der Waals surface area contributed by atoms with Crippen LogP contribution in [0, 0.1) is 13.8 Å². The lowest BCUT2D eigenvalue weighted by molar-refractivity contribution is 0.326. The maximum Gasteiger partial charge on any atom is 0.138 e. The summed E-state index contributed by atoms with van der Waals surface area (Å²) in [4.78, 5) is 2.46. The van der Waals surface area contributed by atoms with E-state index in [9.17, 15) is 0 Å². The first kappa shape index (κ1) is 8.75. The highest BCUT2D eigenvalue weighted by Gasteiger charge is 2.16. The second-order valence-corrected chi connectivity index (χ2v) is 3.79. The maximum absolute atomic E-state index is 5.13. The zero-order valence-electron chi connectivity index (χ0n) is 8.34. The summed E-state index contributed by atoms with van der Waals surface area (Å²) in [6, 6.07) is 0. The van der Waals surface area contributed by atoms with Gasteiger partial charge in [-0.05, 0) is 39.8 Å². The highest BCUT2D eigenvalue weighted by molar-refractivity contribution is 5.20. The zero-order chi connectivity index (χ0) is 9.26. The van der Waals surface area contributed by atoms with Gasteiger partial charge in [-0.3, -0.25) is 4.90 Å². The summed E-state index contributed by atoms with van der Waals surface area (Å²) in [5.74, 6) is 0.976. The van der Waals surface area contributed by atoms with Crippen LogP contribution in [0.15, 0.2) is 4.52 Å². The molecule has 72 valence electrons. The molecule has 2 heterocycles. The van der Waals surface area contributed by atoms with Crippen molar-refractivity contribution in [3.63, 3.8) is 0 Å². The lowest BCUT2D eigenvalue weighted by Crippen LogP contribution is -2.19. The minimum Gasteiger partial charge on any atom is -0.361 e. The molecule has 1 fully saturated rings. The Morgan fingerprint density at radius 2 is 2.00 bits per heavy atom. The van der Waals surface area contributed by atoms with E-state index in [0.29, 0.717) is 0 Å². The van der Waals surface area contributed by atoms with E-state index in [-0.39, 0.29) is 0 Å². The number of rotatable bonds is 2. The van der Waals surface area contributed by atoms with Gasteiger partial charge >= 0.3 is 0 Å². The first-order valence-electron chi connectivity index (χ1n) is 4.91. The Kier molecular flexibility index (Phi) is 2.36. The van der Waals surface area contributed by atoms with Crippen LogP contribution in [0.25, 0.3) is 0 Å². The molecule has 13 heavy (non-hydrogen) atoms. The summed E-state index contributed by atoms with van der Waals surface area (Å²) in [5.41, 5.74) is 2.33. The van der Waals surface area contributed by atoms with Gasteiger partial charge in [0.1, 0.15) is 5.76 Å². The van der Waals surface area contributed by atoms with E-state index in [1.54, 1.807) is 0 Å². The Balaban J connectivity index is 2.07. The van der Waals surface area contributed by atoms with Crippen molar-refractivity contribution < 1.29 is 4.52 Å². The number of likely N-dealkylation sites (tertiary alicyclic amines) is 1. The average Bonchev–Trinajstić information content (AvgIpc) is 2.70. The molecule has 1 aromatic rings. The summed E-state index contributed by atoms with van der Waals surface area (Å²) in [5, 5.41) is 3.96. The lowest BCUT2D eigenvalue weighted by atomic mass is 10.2. The van der Waals surface area contributed by atoms with Gasteiger partial charge in [0.05, 0.1) is 5.69 Å². The van der Waals surface area contributed by atoms with Crippen LogP contribution in [0.4, 0.5) is 0 Å². The largest absolute Gasteiger partial charge is 0.361 e. The van der Waals surface area contributed by atoms with E-state index in [1.165, 1.54) is 31.5 Å². The Hall–Kier alpha value is -0.830. The zero-order valence-corrected chi connectivity index (χ0v) is 8.34. The maximum atomic E-state index is 5.13. The molecule has 0 saturated carbocycles. The second kappa shape index (κ2) is 3.50. The molecule has 0 aliphatic carbocycles. The summed E-state index contributed by atoms with van der Waals surface area (Å²) in [7, 11) is 0. The summed E-state index contributed by atoms with van der Waals surface area (Å²) < 4.78 is 5.13. The molecule has 1 saturated heterocycles. The topological polar surface area (TPSA) is 29.3 Å². The van der Waals surface area contributed by atoms with Crippen molar-refractivity contribution in [3.8, 4) is 0 Å². The number of aryl methyl sites for hydroxylation is 2. The molecule has 0 N–H and O–H groups in total. The van der Waals surface area contributed by atoms with Gasteiger partial charge in [-0.1, -0.05) is 5.16 Å². The fraction of sp³-hybridized carbons (Fsp3) is 0.700. The van der Waals surface area contributed by atoms with Crippen molar-refractivity contribution >= 4 is 0 Å². The Labute approximate surface area is 78.7 Å². The quantitative estimate of drug-likeness (QED) is 0.696. The molecule has 0 bridgehead atoms. The van der Waals surface area contributed by atoms with Gasteiger partial charge in [-0.25, -0.2) is 0 Å². The third-order valence-electron chi connectivity index (χ3n) is 2.76. The standard InChI is InChI=1S/C10H16N2O/c1-8-10(9(2)13-11-8)7-12-5-3-4-6-12/h3-7H2,1-2H3. The van der Waals surface area contributed by atoms with Crippen molar-refractivity contribution in [1.29, 1.82) is 0 Å². The number of nitrogens with zero attached hydrogens (tertiary/aromatic N) is 2. The SMILES string of the molecule is Cc1noc(C)c1CN1CCCC1. The van der Waals surface area contributed by atoms with Crippen molar-refractivity contribution in [3.05, 3.63) is 17.0 Å². The molecule has 1 aliphatic rings. The molecular weight excluding hydrogens is 164 g/mol. The molecule has 3 heteroatoms. The van der Waals surface area contributed by atoms with Crippen molar-refractivity contribution in [2.45, 2.75) is 33.2 Å². The third kappa shape index (κ3) is 1.75. The van der Waals surface area contributed by atoms with Gasteiger partial charge in [0.15, 0.2) is 0 Å². The number of hydrogen-bond donors (Lipinski definition) is 0. The van der Waals surface area contributed by atoms with Gasteiger partial charge in [0.25, 0.3) is 0 Å². The Bertz CT molecular complexity index is 268. The van der Waals surface area contributed by atoms with Crippen LogP contribution >= 0.6 is 0 Å². The minimum absolute atomic E-state index is 0.976. The van der Waals surface area contributed by atoms with Gasteiger partial charge in [0.2, 0.25) is 0 Å². The Morgan fingerprint density at radius 3 is 2.54 bits per heavy atom. The lowest BCUT2D eigenvalue weighted by Gasteiger charge is -2.13. The summed E-state index contributed by atoms with van der Waals surface area (Å²) in [6.07, 6.45) is 2.67. The monoisotopic (exact) mass is 180 g/mol. The van der Waals surface area contributed by atoms with E-state index in [0.717, 1.165) is 18.0 Å². The fourth-order valence-electron chi connectivity index (χ4n) is 1.89. The smallest absolute Gasteiger partial charge is 0.138 e. The molecule has 0 unspecified atom stereocenters. The second-order valence-electron chi connectivity index (χ2n) is 3.79. The first-order valence-corrected chi connectivity index (χ1v) is 4.91. The summed E-state index contributed by atoms with van der Waals surface area (Å²) in [6.45, 7) is 7.47. The van der Waals surface area contributed by atoms with E-state index in [2.05, 4.69) is 10.1 Å². The van der Waals surface area contributed by atoms with Crippen LogP contribution in [0.1, 0.15) is 29.9 Å². The first-order chi connectivity index (χ1) is 6.27. The Morgan fingerprint density at radius 1 is 1.31 bits per heavy atom. The van der Waals surface area contributed by atoms with Gasteiger partial charge in [0, 0.05) is 12.1 Å². The minimum atomic E-state index is 0.976. The molecular formula is C10H16N2O. The molecule has 0 spiro atoms. The molecule has 0 radical (unpaired) electrons. The van der Waals surface area contributed by atoms with Crippen molar-refractivity contribution in [2.24, 2.45) is 0 Å². The molecule has 0 atom stereocenters. The molecule has 2 rings (SSSR count). The predicted molar refractivity (Wildman–Crippen MR) is 50.5 cm³/mol. The van der Waals surface area contributed by atoms with E-state index in [4.69, 9.17) is 4.52 Å². The number of aromatic nitrogens is 1. The van der Waals surface area contributed by atoms with E-state index in [1.807, 2.05) is 13.8 Å². The highest BCUT2D eigenvalue weighted by Crippen LogP contribution is 2.17. The van der Waals surface area contributed by atoms with Crippen LogP contribution in [0.3, 0.4) is 0 Å². The van der Waals surface area contributed by atoms with Crippen molar-refractivity contribution in [2.75, 3.05) is 13.1 Å². The van der Waals surface area contributed by atoms with Crippen molar-refractivity contribution in [1.82, 2.24) is 10.1 Å². The fourth-order valence-corrected chi connectivity index (χ4v) is 1.89. The molecule has 0 aromatic carbocycles. The highest BCUT2D eigenvalue weighted by atomic mass is 16.5. The summed E-state index contributed by atoms with van der Waals surface area (Å²) >= 11 is 0. The average molecular weight is 180 g/mol. The van der Waals surface area contributed by atoms with Crippen LogP contribution in [-0.4, -0.2) is 23.1 Å². The predicted octanol–water partition coefficient (Wildman–Crippen LogP) is 1.89. The van der Waals surface area contributed by atoms with E-state index < -0.39 is 0 Å². The normalized spacial score (nSPS) is 18.3. The molecule has 1 aliphatic heterocycles. The van der Waals surface area contributed by atoms with Crippen LogP contribution in [0.5, 0.6) is 0 Å².